The smallest absolute Gasteiger partial charge is 0.267 e. The summed E-state index contributed by atoms with van der Waals surface area (Å²) in [5, 5.41) is 12.5. The zero-order valence-electron chi connectivity index (χ0n) is 15.2. The minimum atomic E-state index is -0.452. The van der Waals surface area contributed by atoms with E-state index in [0.29, 0.717) is 10.7 Å². The van der Waals surface area contributed by atoms with Crippen molar-refractivity contribution in [2.75, 3.05) is 36.4 Å². The Kier molecular flexibility index (Phi) is 6.00. The Hall–Kier alpha value is -2.97. The molecule has 0 unspecified atom stereocenters. The average molecular weight is 381 g/mol. The van der Waals surface area contributed by atoms with Gasteiger partial charge in [0.2, 0.25) is 0 Å². The van der Waals surface area contributed by atoms with Gasteiger partial charge in [-0.3, -0.25) is 4.79 Å². The topological polar surface area (TPSA) is 59.4 Å². The lowest BCUT2D eigenvalue weighted by Gasteiger charge is -2.35. The summed E-state index contributed by atoms with van der Waals surface area (Å²) >= 11 is 6.06. The van der Waals surface area contributed by atoms with E-state index in [4.69, 9.17) is 11.6 Å². The second kappa shape index (κ2) is 8.61. The van der Waals surface area contributed by atoms with E-state index in [0.717, 1.165) is 26.2 Å². The summed E-state index contributed by atoms with van der Waals surface area (Å²) in [5.74, 6) is -0.452. The second-order valence-corrected chi connectivity index (χ2v) is 6.86. The van der Waals surface area contributed by atoms with Crippen molar-refractivity contribution in [1.82, 2.24) is 4.90 Å². The van der Waals surface area contributed by atoms with Gasteiger partial charge in [0.05, 0.1) is 10.7 Å². The molecular weight excluding hydrogens is 360 g/mol. The molecule has 0 bridgehead atoms. The van der Waals surface area contributed by atoms with E-state index in [1.165, 1.54) is 11.3 Å². The number of nitrogens with one attached hydrogen (secondary N) is 1. The second-order valence-electron chi connectivity index (χ2n) is 6.45. The number of carbonyl (C=O) groups excluding carboxylic acids is 1. The van der Waals surface area contributed by atoms with Crippen LogP contribution in [0.3, 0.4) is 0 Å². The Morgan fingerprint density at radius 3 is 2.56 bits per heavy atom. The maximum absolute atomic E-state index is 12.4. The monoisotopic (exact) mass is 380 g/mol. The molecule has 1 saturated heterocycles. The van der Waals surface area contributed by atoms with Crippen molar-refractivity contribution in [1.29, 1.82) is 5.26 Å². The number of aryl methyl sites for hydroxylation is 1. The highest BCUT2D eigenvalue weighted by molar-refractivity contribution is 6.33. The molecule has 138 valence electrons. The summed E-state index contributed by atoms with van der Waals surface area (Å²) < 4.78 is 0. The van der Waals surface area contributed by atoms with Crippen molar-refractivity contribution < 1.29 is 4.79 Å². The summed E-state index contributed by atoms with van der Waals surface area (Å²) in [6.07, 6.45) is 1.64. The van der Waals surface area contributed by atoms with Gasteiger partial charge in [-0.15, -0.1) is 0 Å². The van der Waals surface area contributed by atoms with Crippen LogP contribution in [0.15, 0.2) is 60.3 Å². The van der Waals surface area contributed by atoms with Crippen LogP contribution in [0, 0.1) is 18.3 Å². The van der Waals surface area contributed by atoms with E-state index in [1.807, 2.05) is 11.0 Å². The third-order valence-electron chi connectivity index (χ3n) is 4.48. The predicted molar refractivity (Wildman–Crippen MR) is 109 cm³/mol. The zero-order valence-corrected chi connectivity index (χ0v) is 15.9. The molecule has 1 aliphatic heterocycles. The number of amides is 1. The fourth-order valence-corrected chi connectivity index (χ4v) is 3.19. The lowest BCUT2D eigenvalue weighted by Crippen LogP contribution is -2.44. The first kappa shape index (κ1) is 18.8. The third kappa shape index (κ3) is 4.81. The molecule has 0 aromatic heterocycles. The SMILES string of the molecule is Cc1cccc(N2CCN(/C=C(/C#N)C(=O)Nc3ccccc3Cl)CC2)c1. The number of hydrogen-bond donors (Lipinski definition) is 1. The Morgan fingerprint density at radius 1 is 1.15 bits per heavy atom. The Bertz CT molecular complexity index is 895. The predicted octanol–water partition coefficient (Wildman–Crippen LogP) is 3.82. The Morgan fingerprint density at radius 2 is 1.89 bits per heavy atom. The standard InChI is InChI=1S/C21H21ClN4O/c1-16-5-4-6-18(13-16)26-11-9-25(10-12-26)15-17(14-23)21(27)24-20-8-3-2-7-19(20)22/h2-8,13,15H,9-12H2,1H3,(H,24,27)/b17-15-. The molecule has 1 amide bonds. The molecule has 0 atom stereocenters. The summed E-state index contributed by atoms with van der Waals surface area (Å²) in [7, 11) is 0. The number of piperazine rings is 1. The number of halogens is 1. The maximum atomic E-state index is 12.4. The molecule has 1 N–H and O–H groups in total. The lowest BCUT2D eigenvalue weighted by molar-refractivity contribution is -0.112. The van der Waals surface area contributed by atoms with E-state index < -0.39 is 5.91 Å². The molecule has 0 aliphatic carbocycles. The Balaban J connectivity index is 1.63. The summed E-state index contributed by atoms with van der Waals surface area (Å²) in [5.41, 5.74) is 3.00. The number of nitrogens with zero attached hydrogens (tertiary/aromatic N) is 3. The summed E-state index contributed by atoms with van der Waals surface area (Å²) in [6, 6.07) is 17.4. The average Bonchev–Trinajstić information content (AvgIpc) is 2.68. The first-order valence-electron chi connectivity index (χ1n) is 8.80. The molecule has 0 radical (unpaired) electrons. The molecule has 3 rings (SSSR count). The highest BCUT2D eigenvalue weighted by atomic mass is 35.5. The zero-order chi connectivity index (χ0) is 19.2. The number of para-hydroxylation sites is 1. The van der Waals surface area contributed by atoms with E-state index in [2.05, 4.69) is 41.4 Å². The van der Waals surface area contributed by atoms with Gasteiger partial charge in [0.1, 0.15) is 11.6 Å². The van der Waals surface area contributed by atoms with E-state index in [9.17, 15) is 10.1 Å². The largest absolute Gasteiger partial charge is 0.373 e. The van der Waals surface area contributed by atoms with Gasteiger partial charge in [0.15, 0.2) is 0 Å². The first-order valence-corrected chi connectivity index (χ1v) is 9.18. The van der Waals surface area contributed by atoms with Gasteiger partial charge in [0, 0.05) is 38.1 Å². The van der Waals surface area contributed by atoms with Crippen LogP contribution in [0.1, 0.15) is 5.56 Å². The third-order valence-corrected chi connectivity index (χ3v) is 4.81. The van der Waals surface area contributed by atoms with Crippen molar-refractivity contribution in [3.05, 3.63) is 70.9 Å². The highest BCUT2D eigenvalue weighted by Crippen LogP contribution is 2.21. The molecule has 27 heavy (non-hydrogen) atoms. The summed E-state index contributed by atoms with van der Waals surface area (Å²) in [4.78, 5) is 16.7. The molecule has 6 heteroatoms. The summed E-state index contributed by atoms with van der Waals surface area (Å²) in [6.45, 7) is 5.26. The maximum Gasteiger partial charge on any atom is 0.267 e. The minimum Gasteiger partial charge on any atom is -0.373 e. The highest BCUT2D eigenvalue weighted by Gasteiger charge is 2.18. The van der Waals surface area contributed by atoms with Crippen molar-refractivity contribution in [2.24, 2.45) is 0 Å². The van der Waals surface area contributed by atoms with Gasteiger partial charge in [-0.2, -0.15) is 5.26 Å². The number of nitriles is 1. The molecule has 2 aromatic rings. The van der Waals surface area contributed by atoms with Crippen molar-refractivity contribution >= 4 is 28.9 Å². The van der Waals surface area contributed by atoms with Crippen LogP contribution in [-0.2, 0) is 4.79 Å². The Labute approximate surface area is 164 Å². The minimum absolute atomic E-state index is 0.0684. The van der Waals surface area contributed by atoms with Gasteiger partial charge < -0.3 is 15.1 Å². The number of anilines is 2. The van der Waals surface area contributed by atoms with Crippen LogP contribution in [0.25, 0.3) is 0 Å². The first-order chi connectivity index (χ1) is 13.1. The van der Waals surface area contributed by atoms with Gasteiger partial charge in [0.25, 0.3) is 5.91 Å². The van der Waals surface area contributed by atoms with E-state index >= 15 is 0 Å². The molecule has 1 aliphatic rings. The number of rotatable bonds is 4. The van der Waals surface area contributed by atoms with E-state index in [-0.39, 0.29) is 5.57 Å². The van der Waals surface area contributed by atoms with Crippen molar-refractivity contribution in [2.45, 2.75) is 6.92 Å². The van der Waals surface area contributed by atoms with Crippen LogP contribution in [0.4, 0.5) is 11.4 Å². The van der Waals surface area contributed by atoms with Gasteiger partial charge in [-0.25, -0.2) is 0 Å². The van der Waals surface area contributed by atoms with Crippen molar-refractivity contribution in [3.8, 4) is 6.07 Å². The molecule has 1 fully saturated rings. The van der Waals surface area contributed by atoms with Gasteiger partial charge in [-0.05, 0) is 36.8 Å². The van der Waals surface area contributed by atoms with Gasteiger partial charge >= 0.3 is 0 Å². The molecule has 0 spiro atoms. The van der Waals surface area contributed by atoms with E-state index in [1.54, 1.807) is 30.5 Å². The van der Waals surface area contributed by atoms with Crippen molar-refractivity contribution in [3.63, 3.8) is 0 Å². The van der Waals surface area contributed by atoms with Crippen LogP contribution in [0.5, 0.6) is 0 Å². The molecule has 1 heterocycles. The van der Waals surface area contributed by atoms with Gasteiger partial charge in [-0.1, -0.05) is 35.9 Å². The van der Waals surface area contributed by atoms with Crippen LogP contribution in [0.2, 0.25) is 5.02 Å². The fraction of sp³-hybridized carbons (Fsp3) is 0.238. The number of carbonyl (C=O) groups is 1. The lowest BCUT2D eigenvalue weighted by atomic mass is 10.2. The molecule has 0 saturated carbocycles. The molecular formula is C21H21ClN4O. The molecule has 2 aromatic carbocycles. The molecule has 5 nitrogen and oxygen atoms in total. The fourth-order valence-electron chi connectivity index (χ4n) is 3.01. The van der Waals surface area contributed by atoms with Crippen LogP contribution in [-0.4, -0.2) is 37.0 Å². The van der Waals surface area contributed by atoms with Crippen LogP contribution < -0.4 is 10.2 Å². The normalized spacial score (nSPS) is 14.6. The van der Waals surface area contributed by atoms with Crippen LogP contribution >= 0.6 is 11.6 Å². The quantitative estimate of drug-likeness (QED) is 0.647. The number of benzene rings is 2. The number of hydrogen-bond acceptors (Lipinski definition) is 4.